The Morgan fingerprint density at radius 3 is 2.63 bits per heavy atom. The van der Waals surface area contributed by atoms with E-state index in [2.05, 4.69) is 10.2 Å². The minimum Gasteiger partial charge on any atom is -0.420 e. The number of aromatic nitrogens is 2. The molecular weight excluding hydrogens is 396 g/mol. The van der Waals surface area contributed by atoms with E-state index in [0.717, 1.165) is 27.4 Å². The van der Waals surface area contributed by atoms with E-state index in [1.54, 1.807) is 0 Å². The Kier molecular flexibility index (Phi) is 4.79. The summed E-state index contributed by atoms with van der Waals surface area (Å²) in [6.45, 7) is 0.209. The number of hydrogen-bond acceptors (Lipinski definition) is 6. The van der Waals surface area contributed by atoms with Crippen LogP contribution >= 0.6 is 11.3 Å². The van der Waals surface area contributed by atoms with Gasteiger partial charge in [-0.25, -0.2) is 17.2 Å². The Morgan fingerprint density at radius 2 is 1.93 bits per heavy atom. The van der Waals surface area contributed by atoms with Gasteiger partial charge in [-0.1, -0.05) is 12.1 Å². The number of halogens is 2. The van der Waals surface area contributed by atoms with Crippen molar-refractivity contribution in [3.05, 3.63) is 53.2 Å². The number of rotatable bonds is 4. The Balaban J connectivity index is 1.60. The molecule has 4 rings (SSSR count). The van der Waals surface area contributed by atoms with Crippen LogP contribution in [0.5, 0.6) is 0 Å². The molecule has 142 valence electrons. The minimum atomic E-state index is -4.31. The minimum absolute atomic E-state index is 0.0299. The molecule has 6 nitrogen and oxygen atoms in total. The second kappa shape index (κ2) is 7.10. The van der Waals surface area contributed by atoms with Gasteiger partial charge < -0.3 is 4.42 Å². The topological polar surface area (TPSA) is 76.3 Å². The van der Waals surface area contributed by atoms with Crippen molar-refractivity contribution in [2.24, 2.45) is 0 Å². The second-order valence-electron chi connectivity index (χ2n) is 6.18. The Labute approximate surface area is 158 Å². The molecule has 0 aliphatic carbocycles. The summed E-state index contributed by atoms with van der Waals surface area (Å²) in [4.78, 5) is -0.0991. The van der Waals surface area contributed by atoms with E-state index in [-0.39, 0.29) is 19.0 Å². The third-order valence-electron chi connectivity index (χ3n) is 4.42. The van der Waals surface area contributed by atoms with Crippen molar-refractivity contribution in [1.29, 1.82) is 0 Å². The van der Waals surface area contributed by atoms with Crippen molar-refractivity contribution in [3.63, 3.8) is 0 Å². The van der Waals surface area contributed by atoms with Crippen LogP contribution in [0.4, 0.5) is 8.78 Å². The summed E-state index contributed by atoms with van der Waals surface area (Å²) >= 11 is 1.46. The lowest BCUT2D eigenvalue weighted by Gasteiger charge is -2.30. The Hall–Kier alpha value is -2.17. The molecule has 0 radical (unpaired) electrons. The number of thiophene rings is 1. The molecule has 3 aromatic rings. The molecule has 10 heteroatoms. The van der Waals surface area contributed by atoms with Gasteiger partial charge in [0.25, 0.3) is 5.89 Å². The summed E-state index contributed by atoms with van der Waals surface area (Å²) in [6.07, 6.45) is 1.18. The number of benzene rings is 1. The SMILES string of the molecule is O=S(=O)(c1c(F)cccc1F)N1CCCC(c2nnc(-c3cccs3)o2)C1. The average Bonchev–Trinajstić information content (AvgIpc) is 3.33. The number of piperidine rings is 1. The van der Waals surface area contributed by atoms with E-state index in [4.69, 9.17) is 4.42 Å². The zero-order chi connectivity index (χ0) is 19.0. The fourth-order valence-electron chi connectivity index (χ4n) is 3.12. The zero-order valence-corrected chi connectivity index (χ0v) is 15.6. The van der Waals surface area contributed by atoms with Crippen LogP contribution in [0.1, 0.15) is 24.7 Å². The monoisotopic (exact) mass is 411 g/mol. The maximum absolute atomic E-state index is 14.0. The molecule has 1 saturated heterocycles. The summed E-state index contributed by atoms with van der Waals surface area (Å²) < 4.78 is 60.3. The molecule has 3 heterocycles. The van der Waals surface area contributed by atoms with Gasteiger partial charge in [-0.05, 0) is 36.4 Å². The first-order chi connectivity index (χ1) is 13.0. The van der Waals surface area contributed by atoms with E-state index in [1.807, 2.05) is 17.5 Å². The van der Waals surface area contributed by atoms with Crippen LogP contribution in [0.15, 0.2) is 45.0 Å². The lowest BCUT2D eigenvalue weighted by molar-refractivity contribution is 0.284. The number of hydrogen-bond donors (Lipinski definition) is 0. The number of nitrogens with zero attached hydrogens (tertiary/aromatic N) is 3. The van der Waals surface area contributed by atoms with Gasteiger partial charge in [0.2, 0.25) is 15.9 Å². The molecule has 0 N–H and O–H groups in total. The molecule has 0 amide bonds. The summed E-state index contributed by atoms with van der Waals surface area (Å²) in [7, 11) is -4.31. The highest BCUT2D eigenvalue weighted by Crippen LogP contribution is 2.33. The predicted molar refractivity (Wildman–Crippen MR) is 94.7 cm³/mol. The fourth-order valence-corrected chi connectivity index (χ4v) is 5.40. The van der Waals surface area contributed by atoms with Gasteiger partial charge in [0.15, 0.2) is 4.90 Å². The van der Waals surface area contributed by atoms with Crippen molar-refractivity contribution in [2.45, 2.75) is 23.7 Å². The van der Waals surface area contributed by atoms with Gasteiger partial charge in [-0.15, -0.1) is 21.5 Å². The number of sulfonamides is 1. The third-order valence-corrected chi connectivity index (χ3v) is 7.20. The molecule has 1 aliphatic heterocycles. The van der Waals surface area contributed by atoms with Crippen molar-refractivity contribution < 1.29 is 21.6 Å². The highest BCUT2D eigenvalue weighted by atomic mass is 32.2. The lowest BCUT2D eigenvalue weighted by atomic mass is 10.00. The predicted octanol–water partition coefficient (Wildman–Crippen LogP) is 3.64. The summed E-state index contributed by atoms with van der Waals surface area (Å²) in [5, 5.41) is 9.94. The summed E-state index contributed by atoms with van der Waals surface area (Å²) in [6, 6.07) is 6.71. The van der Waals surface area contributed by atoms with Gasteiger partial charge in [0.1, 0.15) is 11.6 Å². The maximum Gasteiger partial charge on any atom is 0.257 e. The Bertz CT molecular complexity index is 1030. The first-order valence-electron chi connectivity index (χ1n) is 8.28. The van der Waals surface area contributed by atoms with E-state index >= 15 is 0 Å². The third kappa shape index (κ3) is 3.40. The van der Waals surface area contributed by atoms with Crippen molar-refractivity contribution >= 4 is 21.4 Å². The molecule has 0 bridgehead atoms. The van der Waals surface area contributed by atoms with Crippen LogP contribution in [0.3, 0.4) is 0 Å². The summed E-state index contributed by atoms with van der Waals surface area (Å²) in [5.41, 5.74) is 0. The van der Waals surface area contributed by atoms with Gasteiger partial charge in [0, 0.05) is 13.1 Å². The highest BCUT2D eigenvalue weighted by molar-refractivity contribution is 7.89. The molecule has 1 unspecified atom stereocenters. The molecule has 27 heavy (non-hydrogen) atoms. The maximum atomic E-state index is 14.0. The molecule has 1 aromatic carbocycles. The molecular formula is C17H15F2N3O3S2. The first kappa shape index (κ1) is 18.2. The van der Waals surface area contributed by atoms with E-state index in [0.29, 0.717) is 24.6 Å². The molecule has 0 spiro atoms. The van der Waals surface area contributed by atoms with E-state index in [9.17, 15) is 17.2 Å². The van der Waals surface area contributed by atoms with Gasteiger partial charge in [-0.2, -0.15) is 4.31 Å². The van der Waals surface area contributed by atoms with Crippen LogP contribution in [-0.4, -0.2) is 36.0 Å². The first-order valence-corrected chi connectivity index (χ1v) is 10.6. The van der Waals surface area contributed by atoms with Gasteiger partial charge in [-0.3, -0.25) is 0 Å². The lowest BCUT2D eigenvalue weighted by Crippen LogP contribution is -2.39. The molecule has 1 atom stereocenters. The van der Waals surface area contributed by atoms with Crippen LogP contribution in [0.25, 0.3) is 10.8 Å². The normalized spacial score (nSPS) is 18.7. The highest BCUT2D eigenvalue weighted by Gasteiger charge is 2.36. The van der Waals surface area contributed by atoms with Crippen LogP contribution < -0.4 is 0 Å². The van der Waals surface area contributed by atoms with Crippen molar-refractivity contribution in [2.75, 3.05) is 13.1 Å². The van der Waals surface area contributed by atoms with E-state index < -0.39 is 26.6 Å². The smallest absolute Gasteiger partial charge is 0.257 e. The Morgan fingerprint density at radius 1 is 1.15 bits per heavy atom. The zero-order valence-electron chi connectivity index (χ0n) is 14.0. The average molecular weight is 411 g/mol. The summed E-state index contributed by atoms with van der Waals surface area (Å²) in [5.74, 6) is -1.83. The quantitative estimate of drug-likeness (QED) is 0.655. The van der Waals surface area contributed by atoms with Crippen LogP contribution in [0, 0.1) is 11.6 Å². The largest absolute Gasteiger partial charge is 0.420 e. The molecule has 0 saturated carbocycles. The standard InChI is InChI=1S/C17H15F2N3O3S2/c18-12-5-1-6-13(19)15(12)27(23,24)22-8-2-4-11(10-22)16-20-21-17(25-16)14-7-3-9-26-14/h1,3,5-7,9,11H,2,4,8,10H2. The van der Waals surface area contributed by atoms with Crippen LogP contribution in [0.2, 0.25) is 0 Å². The van der Waals surface area contributed by atoms with Crippen molar-refractivity contribution in [1.82, 2.24) is 14.5 Å². The van der Waals surface area contributed by atoms with Gasteiger partial charge >= 0.3 is 0 Å². The second-order valence-corrected chi connectivity index (χ2v) is 9.00. The molecule has 1 aliphatic rings. The fraction of sp³-hybridized carbons (Fsp3) is 0.294. The molecule has 2 aromatic heterocycles. The van der Waals surface area contributed by atoms with Gasteiger partial charge in [0.05, 0.1) is 10.8 Å². The molecule has 1 fully saturated rings. The van der Waals surface area contributed by atoms with Crippen molar-refractivity contribution in [3.8, 4) is 10.8 Å². The van der Waals surface area contributed by atoms with E-state index in [1.165, 1.54) is 11.3 Å². The van der Waals surface area contributed by atoms with Crippen LogP contribution in [-0.2, 0) is 10.0 Å².